The minimum absolute atomic E-state index is 0.0328. The predicted molar refractivity (Wildman–Crippen MR) is 139 cm³/mol. The second-order valence-corrected chi connectivity index (χ2v) is 10.4. The van der Waals surface area contributed by atoms with Crippen molar-refractivity contribution in [2.45, 2.75) is 69.8 Å². The van der Waals surface area contributed by atoms with Gasteiger partial charge in [-0.2, -0.15) is 0 Å². The number of nitrogens with one attached hydrogen (secondary N) is 1. The van der Waals surface area contributed by atoms with E-state index in [0.717, 1.165) is 36.8 Å². The van der Waals surface area contributed by atoms with Crippen molar-refractivity contribution in [1.29, 1.82) is 0 Å². The molecule has 0 heterocycles. The molecule has 0 aliphatic heterocycles. The maximum Gasteiger partial charge on any atom is 0.243 e. The molecule has 0 saturated heterocycles. The van der Waals surface area contributed by atoms with Crippen LogP contribution in [0.15, 0.2) is 48.5 Å². The van der Waals surface area contributed by atoms with Gasteiger partial charge in [0.05, 0.1) is 5.75 Å². The van der Waals surface area contributed by atoms with Gasteiger partial charge in [-0.05, 0) is 54.7 Å². The van der Waals surface area contributed by atoms with Gasteiger partial charge in [-0.3, -0.25) is 9.59 Å². The highest BCUT2D eigenvalue weighted by Gasteiger charge is 2.30. The van der Waals surface area contributed by atoms with Gasteiger partial charge in [0.15, 0.2) is 0 Å². The summed E-state index contributed by atoms with van der Waals surface area (Å²) < 4.78 is 0. The van der Waals surface area contributed by atoms with Gasteiger partial charge in [-0.25, -0.2) is 0 Å². The number of nitrogens with zero attached hydrogens (tertiary/aromatic N) is 1. The van der Waals surface area contributed by atoms with Crippen molar-refractivity contribution in [1.82, 2.24) is 10.2 Å². The summed E-state index contributed by atoms with van der Waals surface area (Å²) in [7, 11) is 0. The molecule has 0 radical (unpaired) electrons. The van der Waals surface area contributed by atoms with Crippen molar-refractivity contribution < 1.29 is 9.59 Å². The number of carbonyl (C=O) groups excluding carboxylic acids is 2. The molecule has 0 spiro atoms. The van der Waals surface area contributed by atoms with Crippen molar-refractivity contribution in [2.24, 2.45) is 0 Å². The van der Waals surface area contributed by atoms with Crippen molar-refractivity contribution >= 4 is 46.8 Å². The molecular formula is C26H32Cl2N2O2S. The first kappa shape index (κ1) is 25.9. The van der Waals surface area contributed by atoms with Gasteiger partial charge < -0.3 is 10.2 Å². The standard InChI is InChI=1S/C26H32Cl2N2O2S/c1-2-24(26(32)29-23-6-4-3-5-7-23)30(16-19-8-12-21(27)13-9-19)25(31)18-33-17-20-10-14-22(28)15-11-20/h8-15,23-24H,2-7,16-18H2,1H3,(H,29,32)/t24-/m1/s1. The van der Waals surface area contributed by atoms with E-state index in [-0.39, 0.29) is 17.9 Å². The Morgan fingerprint density at radius 2 is 1.55 bits per heavy atom. The Kier molecular flexibility index (Phi) is 10.4. The molecule has 1 aliphatic carbocycles. The highest BCUT2D eigenvalue weighted by Crippen LogP contribution is 2.21. The zero-order chi connectivity index (χ0) is 23.6. The molecule has 1 atom stereocenters. The highest BCUT2D eigenvalue weighted by molar-refractivity contribution is 7.99. The third-order valence-corrected chi connectivity index (χ3v) is 7.50. The number of thioether (sulfide) groups is 1. The Hall–Kier alpha value is -1.69. The fourth-order valence-electron chi connectivity index (χ4n) is 4.17. The minimum atomic E-state index is -0.494. The zero-order valence-electron chi connectivity index (χ0n) is 19.1. The van der Waals surface area contributed by atoms with E-state index in [1.54, 1.807) is 16.7 Å². The van der Waals surface area contributed by atoms with Crippen molar-refractivity contribution in [3.8, 4) is 0 Å². The second-order valence-electron chi connectivity index (χ2n) is 8.53. The van der Waals surface area contributed by atoms with E-state index < -0.39 is 6.04 Å². The summed E-state index contributed by atoms with van der Waals surface area (Å²) in [5.41, 5.74) is 2.07. The Morgan fingerprint density at radius 1 is 0.970 bits per heavy atom. The van der Waals surface area contributed by atoms with E-state index in [2.05, 4.69) is 5.32 Å². The van der Waals surface area contributed by atoms with E-state index in [1.807, 2.05) is 55.5 Å². The first-order valence-corrected chi connectivity index (χ1v) is 13.5. The van der Waals surface area contributed by atoms with Crippen LogP contribution in [-0.4, -0.2) is 34.6 Å². The van der Waals surface area contributed by atoms with Crippen LogP contribution in [0, 0.1) is 0 Å². The normalized spacial score (nSPS) is 15.1. The summed E-state index contributed by atoms with van der Waals surface area (Å²) in [4.78, 5) is 28.3. The lowest BCUT2D eigenvalue weighted by Gasteiger charge is -2.32. The molecule has 2 aromatic rings. The molecule has 1 N–H and O–H groups in total. The maximum absolute atomic E-state index is 13.3. The number of carbonyl (C=O) groups is 2. The fourth-order valence-corrected chi connectivity index (χ4v) is 5.29. The van der Waals surface area contributed by atoms with Gasteiger partial charge in [0, 0.05) is 28.4 Å². The second kappa shape index (κ2) is 13.3. The molecule has 7 heteroatoms. The number of amides is 2. The number of hydrogen-bond donors (Lipinski definition) is 1. The number of hydrogen-bond acceptors (Lipinski definition) is 3. The SMILES string of the molecule is CC[C@H](C(=O)NC1CCCCC1)N(Cc1ccc(Cl)cc1)C(=O)CSCc1ccc(Cl)cc1. The summed E-state index contributed by atoms with van der Waals surface area (Å²) in [5.74, 6) is 0.940. The molecule has 2 aromatic carbocycles. The molecule has 33 heavy (non-hydrogen) atoms. The van der Waals surface area contributed by atoms with Crippen LogP contribution in [0.4, 0.5) is 0 Å². The molecule has 1 aliphatic rings. The summed E-state index contributed by atoms with van der Waals surface area (Å²) in [6, 6.07) is 14.8. The maximum atomic E-state index is 13.3. The largest absolute Gasteiger partial charge is 0.352 e. The summed E-state index contributed by atoms with van der Waals surface area (Å²) >= 11 is 13.6. The Balaban J connectivity index is 1.68. The average molecular weight is 508 g/mol. The van der Waals surface area contributed by atoms with Crippen molar-refractivity contribution in [3.05, 3.63) is 69.7 Å². The molecule has 0 aromatic heterocycles. The van der Waals surface area contributed by atoms with Crippen LogP contribution in [0.25, 0.3) is 0 Å². The topological polar surface area (TPSA) is 49.4 Å². The fraction of sp³-hybridized carbons (Fsp3) is 0.462. The van der Waals surface area contributed by atoms with Crippen molar-refractivity contribution in [3.63, 3.8) is 0 Å². The quantitative estimate of drug-likeness (QED) is 0.400. The van der Waals surface area contributed by atoms with E-state index in [0.29, 0.717) is 34.5 Å². The van der Waals surface area contributed by atoms with Crippen LogP contribution < -0.4 is 5.32 Å². The first-order chi connectivity index (χ1) is 16.0. The van der Waals surface area contributed by atoms with Gasteiger partial charge in [-0.1, -0.05) is 73.7 Å². The van der Waals surface area contributed by atoms with Gasteiger partial charge >= 0.3 is 0 Å². The highest BCUT2D eigenvalue weighted by atomic mass is 35.5. The molecule has 4 nitrogen and oxygen atoms in total. The molecule has 0 unspecified atom stereocenters. The van der Waals surface area contributed by atoms with Crippen LogP contribution in [0.1, 0.15) is 56.6 Å². The van der Waals surface area contributed by atoms with Gasteiger partial charge in [0.1, 0.15) is 6.04 Å². The lowest BCUT2D eigenvalue weighted by Crippen LogP contribution is -2.52. The summed E-state index contributed by atoms with van der Waals surface area (Å²) in [6.07, 6.45) is 6.14. The molecule has 3 rings (SSSR count). The molecule has 2 amide bonds. The zero-order valence-corrected chi connectivity index (χ0v) is 21.4. The van der Waals surface area contributed by atoms with E-state index in [4.69, 9.17) is 23.2 Å². The minimum Gasteiger partial charge on any atom is -0.352 e. The third-order valence-electron chi connectivity index (χ3n) is 6.01. The van der Waals surface area contributed by atoms with Crippen LogP contribution in [0.2, 0.25) is 10.0 Å². The van der Waals surface area contributed by atoms with Gasteiger partial charge in [-0.15, -0.1) is 11.8 Å². The monoisotopic (exact) mass is 506 g/mol. The number of rotatable bonds is 10. The van der Waals surface area contributed by atoms with E-state index >= 15 is 0 Å². The first-order valence-electron chi connectivity index (χ1n) is 11.6. The predicted octanol–water partition coefficient (Wildman–Crippen LogP) is 6.48. The lowest BCUT2D eigenvalue weighted by atomic mass is 9.95. The molecular weight excluding hydrogens is 475 g/mol. The van der Waals surface area contributed by atoms with Gasteiger partial charge in [0.2, 0.25) is 11.8 Å². The number of benzene rings is 2. The molecule has 1 fully saturated rings. The Morgan fingerprint density at radius 3 is 2.12 bits per heavy atom. The summed E-state index contributed by atoms with van der Waals surface area (Å²) in [6.45, 7) is 2.35. The van der Waals surface area contributed by atoms with Crippen molar-refractivity contribution in [2.75, 3.05) is 5.75 Å². The van der Waals surface area contributed by atoms with Crippen LogP contribution in [-0.2, 0) is 21.9 Å². The van der Waals surface area contributed by atoms with Crippen LogP contribution in [0.5, 0.6) is 0 Å². The Labute approximate surface area is 211 Å². The molecule has 178 valence electrons. The van der Waals surface area contributed by atoms with E-state index in [1.165, 1.54) is 6.42 Å². The van der Waals surface area contributed by atoms with Crippen LogP contribution >= 0.6 is 35.0 Å². The average Bonchev–Trinajstić information content (AvgIpc) is 2.82. The third kappa shape index (κ3) is 8.24. The molecule has 0 bridgehead atoms. The van der Waals surface area contributed by atoms with Crippen LogP contribution in [0.3, 0.4) is 0 Å². The lowest BCUT2D eigenvalue weighted by molar-refractivity contribution is -0.139. The smallest absolute Gasteiger partial charge is 0.243 e. The Bertz CT molecular complexity index is 900. The summed E-state index contributed by atoms with van der Waals surface area (Å²) in [5, 5.41) is 4.56. The molecule has 1 saturated carbocycles. The number of halogens is 2. The van der Waals surface area contributed by atoms with E-state index in [9.17, 15) is 9.59 Å². The van der Waals surface area contributed by atoms with Gasteiger partial charge in [0.25, 0.3) is 0 Å².